The summed E-state index contributed by atoms with van der Waals surface area (Å²) >= 11 is 0. The van der Waals surface area contributed by atoms with E-state index in [-0.39, 0.29) is 6.42 Å². The van der Waals surface area contributed by atoms with Gasteiger partial charge >= 0.3 is 0 Å². The molecule has 0 fully saturated rings. The van der Waals surface area contributed by atoms with Crippen molar-refractivity contribution in [2.75, 3.05) is 7.11 Å². The van der Waals surface area contributed by atoms with E-state index in [0.717, 1.165) is 5.56 Å². The molecule has 1 atom stereocenters. The molecule has 0 aromatic heterocycles. The van der Waals surface area contributed by atoms with Gasteiger partial charge in [-0.2, -0.15) is 0 Å². The first-order valence-electron chi connectivity index (χ1n) is 6.62. The van der Waals surface area contributed by atoms with Crippen LogP contribution in [0.3, 0.4) is 0 Å². The number of ether oxygens (including phenoxy) is 1. The Labute approximate surface area is 117 Å². The topological polar surface area (TPSA) is 26.3 Å². The van der Waals surface area contributed by atoms with Crippen molar-refractivity contribution in [3.63, 3.8) is 0 Å². The summed E-state index contributed by atoms with van der Waals surface area (Å²) in [6, 6.07) is 14.0. The van der Waals surface area contributed by atoms with Gasteiger partial charge in [0.1, 0.15) is 5.75 Å². The van der Waals surface area contributed by atoms with E-state index < -0.39 is 11.5 Å². The molecule has 0 unspecified atom stereocenters. The highest BCUT2D eigenvalue weighted by Gasteiger charge is 2.45. The molecule has 3 heteroatoms. The van der Waals surface area contributed by atoms with Crippen LogP contribution in [-0.2, 0) is 12.1 Å². The number of methoxy groups -OCH3 is 1. The Morgan fingerprint density at radius 3 is 2.60 bits per heavy atom. The third-order valence-electron chi connectivity index (χ3n) is 3.89. The fourth-order valence-corrected chi connectivity index (χ4v) is 2.82. The van der Waals surface area contributed by atoms with Crippen molar-refractivity contribution in [2.45, 2.75) is 18.5 Å². The Balaban J connectivity index is 2.12. The molecular formula is C17H15FO2. The molecule has 20 heavy (non-hydrogen) atoms. The molecule has 0 radical (unpaired) electrons. The zero-order valence-corrected chi connectivity index (χ0v) is 11.2. The average molecular weight is 270 g/mol. The van der Waals surface area contributed by atoms with Crippen LogP contribution in [0.15, 0.2) is 48.5 Å². The van der Waals surface area contributed by atoms with Crippen LogP contribution in [0, 0.1) is 0 Å². The van der Waals surface area contributed by atoms with Crippen LogP contribution in [0.5, 0.6) is 5.75 Å². The van der Waals surface area contributed by atoms with E-state index in [0.29, 0.717) is 23.3 Å². The lowest BCUT2D eigenvalue weighted by atomic mass is 9.76. The third-order valence-corrected chi connectivity index (χ3v) is 3.89. The summed E-state index contributed by atoms with van der Waals surface area (Å²) in [5.74, 6) is -0.0495. The van der Waals surface area contributed by atoms with Crippen molar-refractivity contribution in [3.8, 4) is 5.75 Å². The minimum absolute atomic E-state index is 0.156. The molecule has 0 saturated carbocycles. The summed E-state index contributed by atoms with van der Waals surface area (Å²) < 4.78 is 20.6. The Bertz CT molecular complexity index is 666. The Hall–Kier alpha value is -2.16. The van der Waals surface area contributed by atoms with Gasteiger partial charge in [-0.1, -0.05) is 42.5 Å². The maximum atomic E-state index is 15.4. The van der Waals surface area contributed by atoms with E-state index in [1.54, 1.807) is 36.4 Å². The van der Waals surface area contributed by atoms with E-state index in [1.165, 1.54) is 7.11 Å². The first-order chi connectivity index (χ1) is 9.66. The summed E-state index contributed by atoms with van der Waals surface area (Å²) in [6.07, 6.45) is 0.708. The van der Waals surface area contributed by atoms with Gasteiger partial charge in [-0.05, 0) is 24.5 Å². The standard InChI is InChI=1S/C17H15FO2/c1-20-15-9-5-4-8-14(15)17(18)11-10-12-6-2-3-7-13(12)16(17)19/h2-9H,10-11H2,1H3/t17-/m1/s1. The van der Waals surface area contributed by atoms with Crippen molar-refractivity contribution in [1.29, 1.82) is 0 Å². The molecule has 102 valence electrons. The highest BCUT2D eigenvalue weighted by molar-refractivity contribution is 6.05. The van der Waals surface area contributed by atoms with Crippen LogP contribution in [0.25, 0.3) is 0 Å². The van der Waals surface area contributed by atoms with Crippen molar-refractivity contribution < 1.29 is 13.9 Å². The number of aryl methyl sites for hydroxylation is 1. The third kappa shape index (κ3) is 1.82. The molecule has 0 aliphatic heterocycles. The minimum atomic E-state index is -2.00. The van der Waals surface area contributed by atoms with Gasteiger partial charge in [0.2, 0.25) is 11.5 Å². The number of rotatable bonds is 2. The maximum Gasteiger partial charge on any atom is 0.205 e. The van der Waals surface area contributed by atoms with Gasteiger partial charge < -0.3 is 4.74 Å². The van der Waals surface area contributed by atoms with Crippen molar-refractivity contribution in [3.05, 3.63) is 65.2 Å². The number of benzene rings is 2. The lowest BCUT2D eigenvalue weighted by Gasteiger charge is -2.30. The summed E-state index contributed by atoms with van der Waals surface area (Å²) in [7, 11) is 1.49. The van der Waals surface area contributed by atoms with Gasteiger partial charge in [0.05, 0.1) is 7.11 Å². The van der Waals surface area contributed by atoms with E-state index in [4.69, 9.17) is 4.74 Å². The number of para-hydroxylation sites is 1. The molecule has 2 nitrogen and oxygen atoms in total. The lowest BCUT2D eigenvalue weighted by molar-refractivity contribution is 0.0623. The minimum Gasteiger partial charge on any atom is -0.496 e. The van der Waals surface area contributed by atoms with Crippen molar-refractivity contribution in [2.24, 2.45) is 0 Å². The smallest absolute Gasteiger partial charge is 0.205 e. The highest BCUT2D eigenvalue weighted by atomic mass is 19.1. The molecule has 0 spiro atoms. The van der Waals surface area contributed by atoms with Crippen LogP contribution >= 0.6 is 0 Å². The molecule has 0 N–H and O–H groups in total. The van der Waals surface area contributed by atoms with Gasteiger partial charge in [0.15, 0.2) is 0 Å². The van der Waals surface area contributed by atoms with Gasteiger partial charge in [-0.25, -0.2) is 4.39 Å². The number of carbonyl (C=O) groups excluding carboxylic acids is 1. The number of carbonyl (C=O) groups is 1. The van der Waals surface area contributed by atoms with Gasteiger partial charge in [0, 0.05) is 11.1 Å². The molecule has 1 aliphatic rings. The molecule has 3 rings (SSSR count). The monoisotopic (exact) mass is 270 g/mol. The zero-order chi connectivity index (χ0) is 14.2. The predicted molar refractivity (Wildman–Crippen MR) is 74.9 cm³/mol. The lowest BCUT2D eigenvalue weighted by Crippen LogP contribution is -2.36. The van der Waals surface area contributed by atoms with Crippen LogP contribution in [0.4, 0.5) is 4.39 Å². The molecule has 2 aromatic carbocycles. The molecule has 0 heterocycles. The Kier molecular flexibility index (Phi) is 3.05. The number of hydrogen-bond donors (Lipinski definition) is 0. The van der Waals surface area contributed by atoms with Crippen molar-refractivity contribution >= 4 is 5.78 Å². The normalized spacial score (nSPS) is 21.4. The highest BCUT2D eigenvalue weighted by Crippen LogP contribution is 2.43. The first kappa shape index (κ1) is 12.9. The second-order valence-corrected chi connectivity index (χ2v) is 4.99. The van der Waals surface area contributed by atoms with Gasteiger partial charge in [0.25, 0.3) is 0 Å². The summed E-state index contributed by atoms with van der Waals surface area (Å²) in [5.41, 5.74) is -0.282. The van der Waals surface area contributed by atoms with Gasteiger partial charge in [-0.3, -0.25) is 4.79 Å². The zero-order valence-electron chi connectivity index (χ0n) is 11.2. The first-order valence-corrected chi connectivity index (χ1v) is 6.62. The van der Waals surface area contributed by atoms with Crippen LogP contribution < -0.4 is 4.74 Å². The SMILES string of the molecule is COc1ccccc1[C@]1(F)CCc2ccccc2C1=O. The number of ketones is 1. The number of halogens is 1. The second-order valence-electron chi connectivity index (χ2n) is 4.99. The number of Topliss-reactive ketones (excluding diaryl/α,β-unsaturated/α-hetero) is 1. The number of hydrogen-bond acceptors (Lipinski definition) is 2. The summed E-state index contributed by atoms with van der Waals surface area (Å²) in [4.78, 5) is 12.6. The number of fused-ring (bicyclic) bond motifs is 1. The quantitative estimate of drug-likeness (QED) is 0.832. The number of alkyl halides is 1. The van der Waals surface area contributed by atoms with Crippen LogP contribution in [0.1, 0.15) is 27.9 Å². The van der Waals surface area contributed by atoms with E-state index in [1.807, 2.05) is 12.1 Å². The van der Waals surface area contributed by atoms with E-state index in [9.17, 15) is 4.79 Å². The van der Waals surface area contributed by atoms with Crippen molar-refractivity contribution in [1.82, 2.24) is 0 Å². The fourth-order valence-electron chi connectivity index (χ4n) is 2.82. The molecular weight excluding hydrogens is 255 g/mol. The Morgan fingerprint density at radius 1 is 1.10 bits per heavy atom. The molecule has 2 aromatic rings. The van der Waals surface area contributed by atoms with Crippen LogP contribution in [-0.4, -0.2) is 12.9 Å². The summed E-state index contributed by atoms with van der Waals surface area (Å²) in [5, 5.41) is 0. The van der Waals surface area contributed by atoms with E-state index in [2.05, 4.69) is 0 Å². The fraction of sp³-hybridized carbons (Fsp3) is 0.235. The molecule has 0 bridgehead atoms. The van der Waals surface area contributed by atoms with Crippen LogP contribution in [0.2, 0.25) is 0 Å². The second kappa shape index (κ2) is 4.75. The van der Waals surface area contributed by atoms with E-state index >= 15 is 4.39 Å². The maximum absolute atomic E-state index is 15.4. The average Bonchev–Trinajstić information content (AvgIpc) is 2.51. The molecule has 0 amide bonds. The molecule has 0 saturated heterocycles. The largest absolute Gasteiger partial charge is 0.496 e. The van der Waals surface area contributed by atoms with Gasteiger partial charge in [-0.15, -0.1) is 0 Å². The Morgan fingerprint density at radius 2 is 1.80 bits per heavy atom. The molecule has 1 aliphatic carbocycles. The summed E-state index contributed by atoms with van der Waals surface area (Å²) in [6.45, 7) is 0. The predicted octanol–water partition coefficient (Wildman–Crippen LogP) is 3.69.